The number of carbonyl (C=O) groups excluding carboxylic acids is 4. The predicted octanol–water partition coefficient (Wildman–Crippen LogP) is 5.37. The van der Waals surface area contributed by atoms with E-state index in [9.17, 15) is 24.0 Å². The zero-order chi connectivity index (χ0) is 36.2. The number of ether oxygens (including phenoxy) is 3. The average Bonchev–Trinajstić information content (AvgIpc) is 3.32. The van der Waals surface area contributed by atoms with Crippen LogP contribution in [0.3, 0.4) is 0 Å². The van der Waals surface area contributed by atoms with Crippen LogP contribution in [-0.4, -0.2) is 102 Å². The summed E-state index contributed by atoms with van der Waals surface area (Å²) in [4.78, 5) is 64.6. The summed E-state index contributed by atoms with van der Waals surface area (Å²) in [7, 11) is 0. The van der Waals surface area contributed by atoms with Crippen LogP contribution in [0.4, 0.5) is 14.4 Å². The molecule has 13 nitrogen and oxygen atoms in total. The first-order chi connectivity index (χ1) is 23.0. The fourth-order valence-corrected chi connectivity index (χ4v) is 5.24. The minimum atomic E-state index is -0.980. The molecule has 0 radical (unpaired) electrons. The molecule has 268 valence electrons. The number of nitrogens with one attached hydrogen (secondary N) is 2. The number of benzene rings is 2. The summed E-state index contributed by atoms with van der Waals surface area (Å²) in [6, 6.07) is 16.1. The Kier molecular flexibility index (Phi) is 13.8. The predicted molar refractivity (Wildman–Crippen MR) is 183 cm³/mol. The van der Waals surface area contributed by atoms with Crippen LogP contribution >= 0.6 is 0 Å². The van der Waals surface area contributed by atoms with Crippen molar-refractivity contribution in [2.45, 2.75) is 77.9 Å². The molecule has 3 N–H and O–H groups in total. The molecule has 0 fully saturated rings. The lowest BCUT2D eigenvalue weighted by atomic mass is 9.98. The van der Waals surface area contributed by atoms with E-state index in [4.69, 9.17) is 19.3 Å². The summed E-state index contributed by atoms with van der Waals surface area (Å²) in [5.41, 5.74) is 2.87. The molecule has 0 saturated heterocycles. The largest absolute Gasteiger partial charge is 0.481 e. The number of carbonyl (C=O) groups is 5. The van der Waals surface area contributed by atoms with Crippen LogP contribution in [0.5, 0.6) is 0 Å². The number of nitrogens with zero attached hydrogens (tertiary/aromatic N) is 2. The number of carboxylic acid groups (broad SMARTS) is 1. The Balaban J connectivity index is 1.58. The van der Waals surface area contributed by atoms with Crippen LogP contribution in [0, 0.1) is 0 Å². The molecule has 2 aromatic rings. The smallest absolute Gasteiger partial charge is 0.410 e. The second kappa shape index (κ2) is 17.5. The molecule has 0 heterocycles. The van der Waals surface area contributed by atoms with Gasteiger partial charge in [-0.15, -0.1) is 0 Å². The van der Waals surface area contributed by atoms with Gasteiger partial charge in [-0.1, -0.05) is 48.5 Å². The first kappa shape index (κ1) is 38.6. The highest BCUT2D eigenvalue weighted by molar-refractivity contribution is 5.79. The van der Waals surface area contributed by atoms with Gasteiger partial charge in [-0.3, -0.25) is 9.59 Å². The summed E-state index contributed by atoms with van der Waals surface area (Å²) in [6.45, 7) is 11.0. The summed E-state index contributed by atoms with van der Waals surface area (Å²) >= 11 is 0. The molecular formula is C36H50N4O9. The maximum atomic E-state index is 13.2. The number of carboxylic acids is 1. The summed E-state index contributed by atoms with van der Waals surface area (Å²) in [5, 5.41) is 14.2. The maximum absolute atomic E-state index is 13.2. The third-order valence-corrected chi connectivity index (χ3v) is 7.44. The number of fused-ring (bicyclic) bond motifs is 3. The van der Waals surface area contributed by atoms with E-state index >= 15 is 0 Å². The Labute approximate surface area is 288 Å². The normalized spacial score (nSPS) is 12.3. The zero-order valence-corrected chi connectivity index (χ0v) is 29.4. The van der Waals surface area contributed by atoms with E-state index in [2.05, 4.69) is 22.8 Å². The Morgan fingerprint density at radius 3 is 1.63 bits per heavy atom. The zero-order valence-electron chi connectivity index (χ0n) is 29.4. The third-order valence-electron chi connectivity index (χ3n) is 7.44. The van der Waals surface area contributed by atoms with Gasteiger partial charge in [0.1, 0.15) is 17.8 Å². The lowest BCUT2D eigenvalue weighted by Gasteiger charge is -2.31. The highest BCUT2D eigenvalue weighted by Gasteiger charge is 2.30. The molecule has 1 aliphatic rings. The molecule has 3 rings (SSSR count). The standard InChI is InChI=1S/C36H50N4O9/c1-35(2,3)48-33(45)39(20-18-37-30(41)16-11-17-31(42)43)22-23-40(34(46)49-36(4,5)6)21-19-38-32(44)47-24-29-27-14-9-7-12-25(27)26-13-8-10-15-28(26)29/h7-10,12-15,29H,11,16-24H2,1-6H3,(H,37,41)(H,38,44)(H,42,43). The van der Waals surface area contributed by atoms with Gasteiger partial charge in [0.05, 0.1) is 0 Å². The number of hydrogen-bond acceptors (Lipinski definition) is 8. The minimum Gasteiger partial charge on any atom is -0.481 e. The van der Waals surface area contributed by atoms with Crippen LogP contribution in [0.15, 0.2) is 48.5 Å². The fraction of sp³-hybridized carbons (Fsp3) is 0.528. The van der Waals surface area contributed by atoms with Gasteiger partial charge < -0.3 is 39.8 Å². The maximum Gasteiger partial charge on any atom is 0.410 e. The number of amides is 4. The van der Waals surface area contributed by atoms with Crippen molar-refractivity contribution in [2.24, 2.45) is 0 Å². The van der Waals surface area contributed by atoms with Crippen molar-refractivity contribution in [2.75, 3.05) is 45.9 Å². The van der Waals surface area contributed by atoms with Gasteiger partial charge in [-0.05, 0) is 70.2 Å². The van der Waals surface area contributed by atoms with Crippen LogP contribution in [0.25, 0.3) is 11.1 Å². The molecule has 0 spiro atoms. The van der Waals surface area contributed by atoms with Crippen molar-refractivity contribution in [3.8, 4) is 11.1 Å². The molecule has 0 atom stereocenters. The lowest BCUT2D eigenvalue weighted by molar-refractivity contribution is -0.137. The van der Waals surface area contributed by atoms with Gasteiger partial charge in [0.15, 0.2) is 0 Å². The molecule has 2 aromatic carbocycles. The van der Waals surface area contributed by atoms with E-state index in [1.165, 1.54) is 9.80 Å². The molecule has 49 heavy (non-hydrogen) atoms. The Morgan fingerprint density at radius 1 is 0.694 bits per heavy atom. The highest BCUT2D eigenvalue weighted by Crippen LogP contribution is 2.44. The van der Waals surface area contributed by atoms with Crippen molar-refractivity contribution in [1.82, 2.24) is 20.4 Å². The molecule has 0 aromatic heterocycles. The van der Waals surface area contributed by atoms with E-state index < -0.39 is 35.5 Å². The molecule has 0 aliphatic heterocycles. The van der Waals surface area contributed by atoms with Crippen LogP contribution in [-0.2, 0) is 23.8 Å². The van der Waals surface area contributed by atoms with Crippen LogP contribution < -0.4 is 10.6 Å². The van der Waals surface area contributed by atoms with Crippen molar-refractivity contribution < 1.29 is 43.3 Å². The Morgan fingerprint density at radius 2 is 1.16 bits per heavy atom. The molecular weight excluding hydrogens is 632 g/mol. The molecule has 0 bridgehead atoms. The fourth-order valence-electron chi connectivity index (χ4n) is 5.24. The summed E-state index contributed by atoms with van der Waals surface area (Å²) in [5.74, 6) is -1.41. The van der Waals surface area contributed by atoms with Gasteiger partial charge in [0.25, 0.3) is 0 Å². The second-order valence-corrected chi connectivity index (χ2v) is 13.8. The van der Waals surface area contributed by atoms with Crippen molar-refractivity contribution in [1.29, 1.82) is 0 Å². The van der Waals surface area contributed by atoms with E-state index in [0.717, 1.165) is 22.3 Å². The third kappa shape index (κ3) is 13.0. The SMILES string of the molecule is CC(C)(C)OC(=O)N(CCNC(=O)CCCC(=O)O)CCN(CCNC(=O)OCC1c2ccccc2-c2ccccc21)C(=O)OC(C)(C)C. The van der Waals surface area contributed by atoms with E-state index in [1.807, 2.05) is 36.4 Å². The van der Waals surface area contributed by atoms with E-state index in [-0.39, 0.29) is 77.0 Å². The van der Waals surface area contributed by atoms with Crippen molar-refractivity contribution in [3.63, 3.8) is 0 Å². The Bertz CT molecular complexity index is 1420. The number of aliphatic carboxylic acids is 1. The first-order valence-corrected chi connectivity index (χ1v) is 16.6. The second-order valence-electron chi connectivity index (χ2n) is 13.8. The first-order valence-electron chi connectivity index (χ1n) is 16.6. The summed E-state index contributed by atoms with van der Waals surface area (Å²) in [6.07, 6.45) is -1.76. The van der Waals surface area contributed by atoms with Crippen LogP contribution in [0.2, 0.25) is 0 Å². The number of hydrogen-bond donors (Lipinski definition) is 3. The number of alkyl carbamates (subject to hydrolysis) is 1. The van der Waals surface area contributed by atoms with Gasteiger partial charge in [0, 0.05) is 58.0 Å². The van der Waals surface area contributed by atoms with E-state index in [0.29, 0.717) is 0 Å². The monoisotopic (exact) mass is 682 g/mol. The van der Waals surface area contributed by atoms with Gasteiger partial charge in [-0.2, -0.15) is 0 Å². The van der Waals surface area contributed by atoms with E-state index in [1.54, 1.807) is 41.5 Å². The molecule has 0 saturated carbocycles. The number of rotatable bonds is 15. The van der Waals surface area contributed by atoms with Gasteiger partial charge >= 0.3 is 24.2 Å². The average molecular weight is 683 g/mol. The molecule has 0 unspecified atom stereocenters. The van der Waals surface area contributed by atoms with Gasteiger partial charge in [0.2, 0.25) is 5.91 Å². The summed E-state index contributed by atoms with van der Waals surface area (Å²) < 4.78 is 16.8. The highest BCUT2D eigenvalue weighted by atomic mass is 16.6. The molecule has 1 aliphatic carbocycles. The Hall–Kier alpha value is -4.81. The topological polar surface area (TPSA) is 164 Å². The van der Waals surface area contributed by atoms with Crippen molar-refractivity contribution >= 4 is 30.2 Å². The van der Waals surface area contributed by atoms with Crippen LogP contribution in [0.1, 0.15) is 77.8 Å². The lowest BCUT2D eigenvalue weighted by Crippen LogP contribution is -2.48. The molecule has 13 heteroatoms. The quantitative estimate of drug-likeness (QED) is 0.210. The van der Waals surface area contributed by atoms with Gasteiger partial charge in [-0.25, -0.2) is 14.4 Å². The molecule has 4 amide bonds. The minimum absolute atomic E-state index is 0.0435. The van der Waals surface area contributed by atoms with Crippen molar-refractivity contribution in [3.05, 3.63) is 59.7 Å².